The van der Waals surface area contributed by atoms with Gasteiger partial charge < -0.3 is 19.6 Å². The number of nitrogens with zero attached hydrogens (tertiary/aromatic N) is 3. The van der Waals surface area contributed by atoms with Crippen molar-refractivity contribution in [2.45, 2.75) is 83.3 Å². The molecule has 1 saturated carbocycles. The molecule has 10 heteroatoms. The number of nitrogens with one attached hydrogen (secondary N) is 1. The first-order valence-electron chi connectivity index (χ1n) is 14.3. The highest BCUT2D eigenvalue weighted by molar-refractivity contribution is 8.93. The van der Waals surface area contributed by atoms with Crippen molar-refractivity contribution in [1.29, 1.82) is 5.41 Å². The highest BCUT2D eigenvalue weighted by Gasteiger charge is 2.33. The number of halogens is 2. The Kier molecular flexibility index (Phi) is 9.41. The number of Topliss-reactive ketones (excluding diaryl/α,β-unsaturated/α-hetero) is 1. The number of carbonyl (C=O) groups excluding carboxylic acids is 1. The zero-order chi connectivity index (χ0) is 28.6. The van der Waals surface area contributed by atoms with Crippen LogP contribution in [0.15, 0.2) is 24.3 Å². The molecule has 3 heterocycles. The number of hydrogen-bond acceptors (Lipinski definition) is 6. The van der Waals surface area contributed by atoms with E-state index in [1.165, 1.54) is 0 Å². The summed E-state index contributed by atoms with van der Waals surface area (Å²) in [6.45, 7) is 8.66. The minimum atomic E-state index is -1.91. The number of carboxylic acids is 1. The van der Waals surface area contributed by atoms with Gasteiger partial charge in [-0.2, -0.15) is 0 Å². The Morgan fingerprint density at radius 2 is 1.90 bits per heavy atom. The Balaban J connectivity index is 0.00000387. The van der Waals surface area contributed by atoms with Gasteiger partial charge in [0.15, 0.2) is 12.0 Å². The fourth-order valence-electron chi connectivity index (χ4n) is 5.51. The van der Waals surface area contributed by atoms with Gasteiger partial charge in [-0.1, -0.05) is 26.8 Å². The van der Waals surface area contributed by atoms with Gasteiger partial charge in [0.25, 0.3) is 0 Å². The molecule has 1 unspecified atom stereocenters. The smallest absolute Gasteiger partial charge is 0.338 e. The molecule has 1 atom stereocenters. The molecule has 1 aromatic heterocycles. The van der Waals surface area contributed by atoms with E-state index in [1.54, 1.807) is 4.90 Å². The predicted octanol–water partition coefficient (Wildman–Crippen LogP) is 6.04. The van der Waals surface area contributed by atoms with Gasteiger partial charge in [0.05, 0.1) is 18.8 Å². The van der Waals surface area contributed by atoms with E-state index in [0.717, 1.165) is 61.3 Å². The fourth-order valence-corrected chi connectivity index (χ4v) is 5.51. The molecule has 41 heavy (non-hydrogen) atoms. The number of pyridine rings is 1. The van der Waals surface area contributed by atoms with E-state index >= 15 is 0 Å². The summed E-state index contributed by atoms with van der Waals surface area (Å²) in [4.78, 5) is 33.4. The molecule has 1 saturated heterocycles. The third kappa shape index (κ3) is 6.90. The van der Waals surface area contributed by atoms with Crippen molar-refractivity contribution in [1.82, 2.24) is 9.88 Å². The molecule has 0 bridgehead atoms. The Hall–Kier alpha value is -3.01. The number of aliphatic carboxylic acids is 1. The summed E-state index contributed by atoms with van der Waals surface area (Å²) >= 11 is 0. The number of ether oxygens (including phenoxy) is 1. The van der Waals surface area contributed by atoms with E-state index in [4.69, 9.17) is 20.2 Å². The minimum absolute atomic E-state index is 0. The molecule has 8 nitrogen and oxygen atoms in total. The summed E-state index contributed by atoms with van der Waals surface area (Å²) in [7, 11) is 0. The van der Waals surface area contributed by atoms with E-state index < -0.39 is 12.1 Å². The van der Waals surface area contributed by atoms with E-state index in [0.29, 0.717) is 35.3 Å². The first kappa shape index (κ1) is 30.9. The summed E-state index contributed by atoms with van der Waals surface area (Å²) in [5, 5.41) is 17.6. The van der Waals surface area contributed by atoms with Crippen LogP contribution < -0.4 is 9.64 Å². The molecule has 5 rings (SSSR count). The Morgan fingerprint density at radius 1 is 1.20 bits per heavy atom. The van der Waals surface area contributed by atoms with Crippen molar-refractivity contribution in [3.05, 3.63) is 52.3 Å². The monoisotopic (exact) mass is 630 g/mol. The van der Waals surface area contributed by atoms with Gasteiger partial charge in [-0.25, -0.2) is 14.2 Å². The molecule has 222 valence electrons. The first-order chi connectivity index (χ1) is 19.0. The van der Waals surface area contributed by atoms with Crippen LogP contribution in [0.2, 0.25) is 0 Å². The van der Waals surface area contributed by atoms with Gasteiger partial charge in [-0.15, -0.1) is 17.0 Å². The second kappa shape index (κ2) is 12.5. The van der Waals surface area contributed by atoms with Gasteiger partial charge in [-0.05, 0) is 62.1 Å². The Bertz CT molecular complexity index is 1320. The number of anilines is 1. The quantitative estimate of drug-likeness (QED) is 0.230. The average molecular weight is 632 g/mol. The number of rotatable bonds is 11. The lowest BCUT2D eigenvalue weighted by molar-refractivity contribution is -0.143. The number of hydrogen-bond donors (Lipinski definition) is 2. The van der Waals surface area contributed by atoms with E-state index in [-0.39, 0.29) is 54.2 Å². The lowest BCUT2D eigenvalue weighted by Gasteiger charge is -2.30. The van der Waals surface area contributed by atoms with Crippen molar-refractivity contribution in [2.24, 2.45) is 0 Å². The predicted molar refractivity (Wildman–Crippen MR) is 162 cm³/mol. The maximum absolute atomic E-state index is 13.7. The van der Waals surface area contributed by atoms with Crippen LogP contribution in [0, 0.1) is 5.41 Å². The van der Waals surface area contributed by atoms with Crippen LogP contribution in [0.5, 0.6) is 5.75 Å². The van der Waals surface area contributed by atoms with Crippen LogP contribution in [-0.4, -0.2) is 65.0 Å². The molecular formula is C31H40BrFN4O4. The van der Waals surface area contributed by atoms with Crippen molar-refractivity contribution < 1.29 is 23.8 Å². The van der Waals surface area contributed by atoms with E-state index in [1.807, 2.05) is 18.2 Å². The number of alkyl halides is 1. The molecule has 2 fully saturated rings. The summed E-state index contributed by atoms with van der Waals surface area (Å²) in [6.07, 6.45) is 2.63. The van der Waals surface area contributed by atoms with Crippen LogP contribution in [0.1, 0.15) is 98.1 Å². The minimum Gasteiger partial charge on any atom is -0.491 e. The maximum Gasteiger partial charge on any atom is 0.338 e. The Morgan fingerprint density at radius 3 is 2.54 bits per heavy atom. The standard InChI is InChI=1S/C31H39FN4O4.BrH/c1-31(2,3)22-15-21(16-25(35-12-4-5-13-35)28(22)40-14-6-7-23(32)30(38)39)26(37)18-36-17-20-10-11-24(19-8-9-19)34-27(20)29(36)33;/h10-11,15-16,19,23,33H,4-9,12-14,17-18H2,1-3H3,(H,38,39);1H. The van der Waals surface area contributed by atoms with Crippen LogP contribution in [0.3, 0.4) is 0 Å². The van der Waals surface area contributed by atoms with Gasteiger partial charge in [-0.3, -0.25) is 10.2 Å². The largest absolute Gasteiger partial charge is 0.491 e. The topological polar surface area (TPSA) is 107 Å². The molecule has 2 aromatic rings. The number of carboxylic acid groups (broad SMARTS) is 1. The number of benzene rings is 1. The van der Waals surface area contributed by atoms with Crippen LogP contribution in [-0.2, 0) is 16.8 Å². The van der Waals surface area contributed by atoms with Crippen LogP contribution >= 0.6 is 17.0 Å². The van der Waals surface area contributed by atoms with Crippen LogP contribution in [0.25, 0.3) is 0 Å². The van der Waals surface area contributed by atoms with Crippen molar-refractivity contribution in [2.75, 3.05) is 31.1 Å². The number of carbonyl (C=O) groups is 2. The molecule has 2 N–H and O–H groups in total. The normalized spacial score (nSPS) is 17.3. The summed E-state index contributed by atoms with van der Waals surface area (Å²) in [6, 6.07) is 7.89. The third-order valence-electron chi connectivity index (χ3n) is 7.99. The van der Waals surface area contributed by atoms with E-state index in [2.05, 4.69) is 31.7 Å². The van der Waals surface area contributed by atoms with Crippen molar-refractivity contribution in [3.63, 3.8) is 0 Å². The molecular weight excluding hydrogens is 591 g/mol. The van der Waals surface area contributed by atoms with Gasteiger partial charge in [0.2, 0.25) is 0 Å². The molecule has 1 aromatic carbocycles. The molecule has 1 aliphatic carbocycles. The van der Waals surface area contributed by atoms with Gasteiger partial charge >= 0.3 is 5.97 Å². The van der Waals surface area contributed by atoms with Gasteiger partial charge in [0.1, 0.15) is 17.3 Å². The number of ketones is 1. The number of fused-ring (bicyclic) bond motifs is 1. The average Bonchev–Trinajstić information content (AvgIpc) is 3.53. The number of amidine groups is 1. The lowest BCUT2D eigenvalue weighted by atomic mass is 9.84. The Labute approximate surface area is 251 Å². The zero-order valence-corrected chi connectivity index (χ0v) is 25.8. The fraction of sp³-hybridized carbons (Fsp3) is 0.548. The van der Waals surface area contributed by atoms with Crippen LogP contribution in [0.4, 0.5) is 10.1 Å². The summed E-state index contributed by atoms with van der Waals surface area (Å²) < 4.78 is 19.8. The molecule has 3 aliphatic rings. The zero-order valence-electron chi connectivity index (χ0n) is 24.0. The second-order valence-corrected chi connectivity index (χ2v) is 12.3. The molecule has 2 aliphatic heterocycles. The number of aromatic nitrogens is 1. The summed E-state index contributed by atoms with van der Waals surface area (Å²) in [5.74, 6) is -0.0441. The van der Waals surface area contributed by atoms with Crippen molar-refractivity contribution >= 4 is 40.3 Å². The molecule has 0 radical (unpaired) electrons. The van der Waals surface area contributed by atoms with E-state index in [9.17, 15) is 14.0 Å². The highest BCUT2D eigenvalue weighted by Crippen LogP contribution is 2.42. The molecule has 0 amide bonds. The highest BCUT2D eigenvalue weighted by atomic mass is 79.9. The SMILES string of the molecule is Br.CC(C)(C)c1cc(C(=O)CN2Cc3ccc(C4CC4)nc3C2=N)cc(N2CCCC2)c1OCCCC(F)C(=O)O. The lowest BCUT2D eigenvalue weighted by Crippen LogP contribution is -2.31. The maximum atomic E-state index is 13.7. The molecule has 0 spiro atoms. The van der Waals surface area contributed by atoms with Crippen molar-refractivity contribution in [3.8, 4) is 5.75 Å². The second-order valence-electron chi connectivity index (χ2n) is 12.3. The summed E-state index contributed by atoms with van der Waals surface area (Å²) in [5.41, 5.74) is 4.67. The first-order valence-corrected chi connectivity index (χ1v) is 14.3. The van der Waals surface area contributed by atoms with Gasteiger partial charge in [0, 0.05) is 47.9 Å². The third-order valence-corrected chi connectivity index (χ3v) is 7.99.